The molecule has 1 spiro atoms. The van der Waals surface area contributed by atoms with E-state index in [-0.39, 0.29) is 0 Å². The number of nitrogens with zero attached hydrogens (tertiary/aromatic N) is 1. The lowest BCUT2D eigenvalue weighted by Gasteiger charge is -2.23. The van der Waals surface area contributed by atoms with Crippen molar-refractivity contribution in [1.29, 1.82) is 0 Å². The lowest BCUT2D eigenvalue weighted by Crippen LogP contribution is -2.39. The van der Waals surface area contributed by atoms with Crippen LogP contribution in [0.2, 0.25) is 0 Å². The van der Waals surface area contributed by atoms with Crippen LogP contribution in [0.1, 0.15) is 31.2 Å². The first-order chi connectivity index (χ1) is 7.86. The molecular formula is C14H20N2. The molecule has 1 aliphatic heterocycles. The Hall–Kier alpha value is -0.860. The Labute approximate surface area is 97.6 Å². The molecule has 0 amide bonds. The monoisotopic (exact) mass is 216 g/mol. The quantitative estimate of drug-likeness (QED) is 0.816. The van der Waals surface area contributed by atoms with Crippen molar-refractivity contribution in [3.05, 3.63) is 35.9 Å². The van der Waals surface area contributed by atoms with Crippen molar-refractivity contribution in [1.82, 2.24) is 10.2 Å². The molecule has 86 valence electrons. The van der Waals surface area contributed by atoms with Crippen molar-refractivity contribution in [2.24, 2.45) is 0 Å². The molecule has 2 nitrogen and oxygen atoms in total. The maximum absolute atomic E-state index is 3.73. The highest BCUT2D eigenvalue weighted by Crippen LogP contribution is 2.33. The van der Waals surface area contributed by atoms with Crippen molar-refractivity contribution in [2.75, 3.05) is 13.2 Å². The van der Waals surface area contributed by atoms with Gasteiger partial charge in [0, 0.05) is 25.3 Å². The topological polar surface area (TPSA) is 15.3 Å². The van der Waals surface area contributed by atoms with Gasteiger partial charge in [-0.15, -0.1) is 0 Å². The highest BCUT2D eigenvalue weighted by molar-refractivity contribution is 5.15. The smallest absolute Gasteiger partial charge is 0.0489 e. The van der Waals surface area contributed by atoms with Gasteiger partial charge in [-0.2, -0.15) is 0 Å². The second-order valence-corrected chi connectivity index (χ2v) is 5.29. The van der Waals surface area contributed by atoms with E-state index < -0.39 is 0 Å². The van der Waals surface area contributed by atoms with Gasteiger partial charge in [0.25, 0.3) is 0 Å². The third-order valence-corrected chi connectivity index (χ3v) is 4.01. The second-order valence-electron chi connectivity index (χ2n) is 5.29. The zero-order chi connectivity index (χ0) is 10.8. The molecule has 2 aliphatic rings. The van der Waals surface area contributed by atoms with Crippen LogP contribution in [-0.4, -0.2) is 23.7 Å². The fraction of sp³-hybridized carbons (Fsp3) is 0.571. The Morgan fingerprint density at radius 3 is 2.62 bits per heavy atom. The van der Waals surface area contributed by atoms with Gasteiger partial charge < -0.3 is 0 Å². The van der Waals surface area contributed by atoms with Gasteiger partial charge >= 0.3 is 0 Å². The van der Waals surface area contributed by atoms with Gasteiger partial charge in [0.1, 0.15) is 0 Å². The van der Waals surface area contributed by atoms with Gasteiger partial charge in [0.2, 0.25) is 0 Å². The SMILES string of the molecule is c1ccc(CN2CNC3(CCCC3)C2)cc1. The van der Waals surface area contributed by atoms with Crippen molar-refractivity contribution >= 4 is 0 Å². The molecule has 1 aliphatic carbocycles. The van der Waals surface area contributed by atoms with Gasteiger partial charge in [0.15, 0.2) is 0 Å². The van der Waals surface area contributed by atoms with Crippen LogP contribution < -0.4 is 5.32 Å². The molecule has 1 saturated carbocycles. The summed E-state index contributed by atoms with van der Waals surface area (Å²) in [6.45, 7) is 3.40. The third kappa shape index (κ3) is 2.00. The number of hydrogen-bond donors (Lipinski definition) is 1. The average molecular weight is 216 g/mol. The largest absolute Gasteiger partial charge is 0.297 e. The van der Waals surface area contributed by atoms with E-state index in [2.05, 4.69) is 40.5 Å². The fourth-order valence-corrected chi connectivity index (χ4v) is 3.16. The summed E-state index contributed by atoms with van der Waals surface area (Å²) in [6.07, 6.45) is 5.56. The number of nitrogens with one attached hydrogen (secondary N) is 1. The molecule has 1 saturated heterocycles. The van der Waals surface area contributed by atoms with Crippen LogP contribution in [0.3, 0.4) is 0 Å². The molecule has 0 aromatic heterocycles. The van der Waals surface area contributed by atoms with Crippen molar-refractivity contribution in [2.45, 2.75) is 37.8 Å². The second kappa shape index (κ2) is 4.19. The normalized spacial score (nSPS) is 24.2. The Bertz CT molecular complexity index is 341. The molecule has 1 heterocycles. The summed E-state index contributed by atoms with van der Waals surface area (Å²) in [6, 6.07) is 10.8. The van der Waals surface area contributed by atoms with E-state index in [0.29, 0.717) is 5.54 Å². The minimum absolute atomic E-state index is 0.467. The summed E-state index contributed by atoms with van der Waals surface area (Å²) in [5.74, 6) is 0. The lowest BCUT2D eigenvalue weighted by molar-refractivity contribution is 0.302. The van der Waals surface area contributed by atoms with Gasteiger partial charge in [-0.25, -0.2) is 0 Å². The van der Waals surface area contributed by atoms with Crippen molar-refractivity contribution < 1.29 is 0 Å². The van der Waals surface area contributed by atoms with E-state index >= 15 is 0 Å². The predicted molar refractivity (Wildman–Crippen MR) is 66.1 cm³/mol. The van der Waals surface area contributed by atoms with Gasteiger partial charge in [-0.1, -0.05) is 43.2 Å². The van der Waals surface area contributed by atoms with Gasteiger partial charge in [-0.05, 0) is 18.4 Å². The summed E-state index contributed by atoms with van der Waals surface area (Å²) < 4.78 is 0. The maximum Gasteiger partial charge on any atom is 0.0489 e. The van der Waals surface area contributed by atoms with Crippen LogP contribution in [0.25, 0.3) is 0 Å². The molecule has 2 fully saturated rings. The van der Waals surface area contributed by atoms with Gasteiger partial charge in [0.05, 0.1) is 0 Å². The standard InChI is InChI=1S/C14H20N2/c1-2-6-13(7-3-1)10-16-11-14(15-12-16)8-4-5-9-14/h1-3,6-7,15H,4-5,8-12H2. The Kier molecular flexibility index (Phi) is 2.70. The first-order valence-electron chi connectivity index (χ1n) is 6.38. The summed E-state index contributed by atoms with van der Waals surface area (Å²) >= 11 is 0. The third-order valence-electron chi connectivity index (χ3n) is 4.01. The molecule has 1 N–H and O–H groups in total. The Balaban J connectivity index is 1.62. The zero-order valence-electron chi connectivity index (χ0n) is 9.78. The number of benzene rings is 1. The van der Waals surface area contributed by atoms with Crippen LogP contribution in [0.15, 0.2) is 30.3 Å². The molecule has 0 bridgehead atoms. The molecule has 16 heavy (non-hydrogen) atoms. The van der Waals surface area contributed by atoms with Crippen LogP contribution in [0, 0.1) is 0 Å². The first-order valence-corrected chi connectivity index (χ1v) is 6.38. The van der Waals surface area contributed by atoms with Gasteiger partial charge in [-0.3, -0.25) is 10.2 Å². The average Bonchev–Trinajstić information content (AvgIpc) is 2.92. The molecule has 3 rings (SSSR count). The summed E-state index contributed by atoms with van der Waals surface area (Å²) in [5, 5.41) is 3.73. The van der Waals surface area contributed by atoms with E-state index in [1.54, 1.807) is 0 Å². The minimum Gasteiger partial charge on any atom is -0.297 e. The molecule has 2 heteroatoms. The Morgan fingerprint density at radius 1 is 1.12 bits per heavy atom. The fourth-order valence-electron chi connectivity index (χ4n) is 3.16. The molecule has 1 aromatic rings. The maximum atomic E-state index is 3.73. The van der Waals surface area contributed by atoms with Crippen LogP contribution in [0.5, 0.6) is 0 Å². The highest BCUT2D eigenvalue weighted by Gasteiger charge is 2.39. The summed E-state index contributed by atoms with van der Waals surface area (Å²) in [5.41, 5.74) is 1.90. The zero-order valence-corrected chi connectivity index (χ0v) is 9.78. The molecule has 1 aromatic carbocycles. The van der Waals surface area contributed by atoms with Crippen molar-refractivity contribution in [3.63, 3.8) is 0 Å². The Morgan fingerprint density at radius 2 is 1.88 bits per heavy atom. The molecule has 0 atom stereocenters. The summed E-state index contributed by atoms with van der Waals surface area (Å²) in [7, 11) is 0. The minimum atomic E-state index is 0.467. The molecule has 0 radical (unpaired) electrons. The van der Waals surface area contributed by atoms with E-state index in [9.17, 15) is 0 Å². The van der Waals surface area contributed by atoms with E-state index in [4.69, 9.17) is 0 Å². The number of rotatable bonds is 2. The first kappa shape index (κ1) is 10.3. The summed E-state index contributed by atoms with van der Waals surface area (Å²) in [4.78, 5) is 2.54. The van der Waals surface area contributed by atoms with Crippen molar-refractivity contribution in [3.8, 4) is 0 Å². The van der Waals surface area contributed by atoms with E-state index in [0.717, 1.165) is 13.2 Å². The van der Waals surface area contributed by atoms with E-state index in [1.165, 1.54) is 37.8 Å². The van der Waals surface area contributed by atoms with Crippen LogP contribution >= 0.6 is 0 Å². The number of hydrogen-bond acceptors (Lipinski definition) is 2. The van der Waals surface area contributed by atoms with Crippen LogP contribution in [-0.2, 0) is 6.54 Å². The van der Waals surface area contributed by atoms with E-state index in [1.807, 2.05) is 0 Å². The molecular weight excluding hydrogens is 196 g/mol. The van der Waals surface area contributed by atoms with Crippen LogP contribution in [0.4, 0.5) is 0 Å². The molecule has 0 unspecified atom stereocenters. The highest BCUT2D eigenvalue weighted by atomic mass is 15.3. The predicted octanol–water partition coefficient (Wildman–Crippen LogP) is 2.36. The lowest BCUT2D eigenvalue weighted by atomic mass is 9.99.